The Bertz CT molecular complexity index is 1230. The fraction of sp³-hybridized carbons (Fsp3) is 0.280. The normalized spacial score (nSPS) is 15.8. The average Bonchev–Trinajstić information content (AvgIpc) is 3.42. The number of hydrogen-bond donors (Lipinski definition) is 2. The highest BCUT2D eigenvalue weighted by atomic mass is 19.1. The van der Waals surface area contributed by atoms with Gasteiger partial charge in [-0.1, -0.05) is 45.0 Å². The number of nitrogens with one attached hydrogen (secondary N) is 1. The van der Waals surface area contributed by atoms with Crippen LogP contribution in [-0.2, 0) is 21.5 Å². The molecular weight excluding hydrogens is 435 g/mol. The Balaban J connectivity index is 1.49. The molecule has 3 N–H and O–H groups in total. The van der Waals surface area contributed by atoms with Gasteiger partial charge in [0, 0.05) is 12.5 Å². The number of amides is 2. The molecule has 1 atom stereocenters. The number of nitrogens with two attached hydrogens (primary N) is 1. The SMILES string of the molecule is CC(C)(C)c1ccc(Cn2nccc2NC(=O)C2=NN(c3ccc(F)cc3)C(C(N)=O)C2)cc1. The van der Waals surface area contributed by atoms with Crippen LogP contribution in [0.5, 0.6) is 0 Å². The number of hydrazone groups is 1. The molecule has 1 aliphatic rings. The molecule has 34 heavy (non-hydrogen) atoms. The van der Waals surface area contributed by atoms with Gasteiger partial charge >= 0.3 is 0 Å². The first-order valence-corrected chi connectivity index (χ1v) is 11.0. The molecule has 2 amide bonds. The summed E-state index contributed by atoms with van der Waals surface area (Å²) < 4.78 is 15.0. The second-order valence-electron chi connectivity index (χ2n) is 9.27. The van der Waals surface area contributed by atoms with Crippen LogP contribution in [-0.4, -0.2) is 33.3 Å². The van der Waals surface area contributed by atoms with Crippen LogP contribution in [0.1, 0.15) is 38.3 Å². The molecule has 1 aromatic heterocycles. The lowest BCUT2D eigenvalue weighted by Crippen LogP contribution is -2.39. The van der Waals surface area contributed by atoms with E-state index < -0.39 is 23.7 Å². The topological polar surface area (TPSA) is 106 Å². The van der Waals surface area contributed by atoms with Crippen molar-refractivity contribution in [2.75, 3.05) is 10.3 Å². The Kier molecular flexibility index (Phi) is 6.19. The van der Waals surface area contributed by atoms with E-state index >= 15 is 0 Å². The van der Waals surface area contributed by atoms with Crippen LogP contribution in [0, 0.1) is 5.82 Å². The van der Waals surface area contributed by atoms with Gasteiger partial charge in [0.2, 0.25) is 5.91 Å². The molecule has 4 rings (SSSR count). The fourth-order valence-corrected chi connectivity index (χ4v) is 3.74. The van der Waals surface area contributed by atoms with Crippen molar-refractivity contribution in [3.8, 4) is 0 Å². The Morgan fingerprint density at radius 2 is 1.76 bits per heavy atom. The summed E-state index contributed by atoms with van der Waals surface area (Å²) in [6.07, 6.45) is 1.65. The van der Waals surface area contributed by atoms with E-state index in [0.29, 0.717) is 18.1 Å². The molecule has 0 radical (unpaired) electrons. The number of primary amides is 1. The number of carbonyl (C=O) groups is 2. The number of anilines is 2. The zero-order valence-corrected chi connectivity index (χ0v) is 19.3. The van der Waals surface area contributed by atoms with E-state index in [2.05, 4.69) is 48.4 Å². The first-order valence-electron chi connectivity index (χ1n) is 11.0. The molecule has 9 heteroatoms. The molecule has 8 nitrogen and oxygen atoms in total. The summed E-state index contributed by atoms with van der Waals surface area (Å²) in [5.74, 6) is -0.995. The molecule has 1 unspecified atom stereocenters. The summed E-state index contributed by atoms with van der Waals surface area (Å²) in [6.45, 7) is 6.96. The summed E-state index contributed by atoms with van der Waals surface area (Å²) >= 11 is 0. The van der Waals surface area contributed by atoms with Gasteiger partial charge in [0.05, 0.1) is 18.4 Å². The van der Waals surface area contributed by atoms with E-state index in [1.54, 1.807) is 16.9 Å². The third-order valence-electron chi connectivity index (χ3n) is 5.70. The highest BCUT2D eigenvalue weighted by molar-refractivity contribution is 6.44. The molecule has 0 saturated heterocycles. The summed E-state index contributed by atoms with van der Waals surface area (Å²) in [5.41, 5.74) is 8.49. The fourth-order valence-electron chi connectivity index (χ4n) is 3.74. The van der Waals surface area contributed by atoms with Gasteiger partial charge in [-0.15, -0.1) is 0 Å². The number of rotatable bonds is 6. The predicted octanol–water partition coefficient (Wildman–Crippen LogP) is 3.43. The third kappa shape index (κ3) is 4.98. The number of benzene rings is 2. The maximum atomic E-state index is 13.3. The van der Waals surface area contributed by atoms with Gasteiger partial charge in [0.1, 0.15) is 23.4 Å². The van der Waals surface area contributed by atoms with Gasteiger partial charge in [-0.05, 0) is 40.8 Å². The van der Waals surface area contributed by atoms with Crippen molar-refractivity contribution in [3.63, 3.8) is 0 Å². The largest absolute Gasteiger partial charge is 0.368 e. The molecule has 0 fully saturated rings. The lowest BCUT2D eigenvalue weighted by Gasteiger charge is -2.20. The average molecular weight is 463 g/mol. The maximum Gasteiger partial charge on any atom is 0.273 e. The molecule has 1 aliphatic heterocycles. The van der Waals surface area contributed by atoms with Gasteiger partial charge in [0.15, 0.2) is 0 Å². The zero-order chi connectivity index (χ0) is 24.5. The van der Waals surface area contributed by atoms with Crippen molar-refractivity contribution in [3.05, 3.63) is 77.7 Å². The number of aromatic nitrogens is 2. The summed E-state index contributed by atoms with van der Waals surface area (Å²) in [6, 6.07) is 14.6. The summed E-state index contributed by atoms with van der Waals surface area (Å²) in [5, 5.41) is 12.8. The molecule has 0 aliphatic carbocycles. The molecule has 0 saturated carbocycles. The first-order chi connectivity index (χ1) is 16.1. The molecule has 0 spiro atoms. The molecule has 2 aromatic carbocycles. The van der Waals surface area contributed by atoms with Crippen LogP contribution >= 0.6 is 0 Å². The van der Waals surface area contributed by atoms with E-state index in [1.165, 1.54) is 34.8 Å². The van der Waals surface area contributed by atoms with E-state index in [0.717, 1.165) is 5.56 Å². The van der Waals surface area contributed by atoms with Crippen molar-refractivity contribution in [2.45, 2.75) is 45.2 Å². The zero-order valence-electron chi connectivity index (χ0n) is 19.3. The highest BCUT2D eigenvalue weighted by Gasteiger charge is 2.35. The molecule has 3 aromatic rings. The second kappa shape index (κ2) is 9.09. The number of carbonyl (C=O) groups excluding carboxylic acids is 2. The van der Waals surface area contributed by atoms with Crippen molar-refractivity contribution >= 4 is 29.0 Å². The Labute approximate surface area is 197 Å². The number of hydrogen-bond acceptors (Lipinski definition) is 5. The van der Waals surface area contributed by atoms with Crippen LogP contribution in [0.3, 0.4) is 0 Å². The lowest BCUT2D eigenvalue weighted by molar-refractivity contribution is -0.119. The van der Waals surface area contributed by atoms with Crippen molar-refractivity contribution in [1.29, 1.82) is 0 Å². The summed E-state index contributed by atoms with van der Waals surface area (Å²) in [4.78, 5) is 24.9. The predicted molar refractivity (Wildman–Crippen MR) is 129 cm³/mol. The highest BCUT2D eigenvalue weighted by Crippen LogP contribution is 2.26. The number of nitrogens with zero attached hydrogens (tertiary/aromatic N) is 4. The minimum Gasteiger partial charge on any atom is -0.368 e. The first kappa shape index (κ1) is 23.2. The van der Waals surface area contributed by atoms with Gasteiger partial charge in [0.25, 0.3) is 5.91 Å². The van der Waals surface area contributed by atoms with E-state index in [4.69, 9.17) is 5.73 Å². The third-order valence-corrected chi connectivity index (χ3v) is 5.70. The van der Waals surface area contributed by atoms with Gasteiger partial charge in [-0.3, -0.25) is 14.6 Å². The minimum absolute atomic E-state index is 0.0426. The quantitative estimate of drug-likeness (QED) is 0.585. The van der Waals surface area contributed by atoms with Gasteiger partial charge in [-0.25, -0.2) is 9.07 Å². The van der Waals surface area contributed by atoms with Crippen molar-refractivity contribution in [1.82, 2.24) is 9.78 Å². The van der Waals surface area contributed by atoms with Crippen molar-refractivity contribution in [2.24, 2.45) is 10.8 Å². The molecular formula is C25H27FN6O2. The van der Waals surface area contributed by atoms with E-state index in [9.17, 15) is 14.0 Å². The van der Waals surface area contributed by atoms with Crippen LogP contribution in [0.25, 0.3) is 0 Å². The van der Waals surface area contributed by atoms with Gasteiger partial charge < -0.3 is 11.1 Å². The Morgan fingerprint density at radius 3 is 2.38 bits per heavy atom. The monoisotopic (exact) mass is 462 g/mol. The maximum absolute atomic E-state index is 13.3. The van der Waals surface area contributed by atoms with Crippen LogP contribution < -0.4 is 16.1 Å². The standard InChI is InChI=1S/C25H27FN6O2/c1-25(2,3)17-6-4-16(5-7-17)15-31-22(12-13-28-31)29-24(34)20-14-21(23(27)33)32(30-20)19-10-8-18(26)9-11-19/h4-13,21H,14-15H2,1-3H3,(H2,27,33)(H,29,34). The number of halogens is 1. The molecule has 0 bridgehead atoms. The Morgan fingerprint density at radius 1 is 1.09 bits per heavy atom. The van der Waals surface area contributed by atoms with Crippen molar-refractivity contribution < 1.29 is 14.0 Å². The second-order valence-corrected chi connectivity index (χ2v) is 9.27. The van der Waals surface area contributed by atoms with Gasteiger partial charge in [-0.2, -0.15) is 10.2 Å². The van der Waals surface area contributed by atoms with E-state index in [1.807, 2.05) is 12.1 Å². The Hall–Kier alpha value is -4.01. The minimum atomic E-state index is -0.836. The lowest BCUT2D eigenvalue weighted by atomic mass is 9.87. The van der Waals surface area contributed by atoms with Crippen LogP contribution in [0.2, 0.25) is 0 Å². The molecule has 176 valence electrons. The van der Waals surface area contributed by atoms with Crippen LogP contribution in [0.15, 0.2) is 65.9 Å². The van der Waals surface area contributed by atoms with Crippen LogP contribution in [0.4, 0.5) is 15.9 Å². The van der Waals surface area contributed by atoms with E-state index in [-0.39, 0.29) is 17.5 Å². The summed E-state index contributed by atoms with van der Waals surface area (Å²) in [7, 11) is 0. The molecule has 2 heterocycles. The smallest absolute Gasteiger partial charge is 0.273 e.